The molecule has 0 bridgehead atoms. The van der Waals surface area contributed by atoms with Gasteiger partial charge in [-0.05, 0) is 37.1 Å². The molecule has 1 N–H and O–H groups in total. The van der Waals surface area contributed by atoms with Crippen LogP contribution >= 0.6 is 23.2 Å². The molecule has 1 atom stereocenters. The number of hydrogen-bond donors (Lipinski definition) is 1. The molecular weight excluding hydrogens is 347 g/mol. The van der Waals surface area contributed by atoms with E-state index in [1.807, 2.05) is 31.2 Å². The molecule has 24 heavy (non-hydrogen) atoms. The van der Waals surface area contributed by atoms with Gasteiger partial charge in [-0.3, -0.25) is 9.69 Å². The highest BCUT2D eigenvalue weighted by atomic mass is 35.5. The Labute approximate surface area is 150 Å². The monoisotopic (exact) mass is 362 g/mol. The molecule has 0 radical (unpaired) electrons. The maximum Gasteiger partial charge on any atom is 0.325 e. The summed E-state index contributed by atoms with van der Waals surface area (Å²) in [5.74, 6) is -0.303. The zero-order chi connectivity index (χ0) is 17.5. The zero-order valence-corrected chi connectivity index (χ0v) is 14.8. The molecule has 0 aliphatic carbocycles. The van der Waals surface area contributed by atoms with Crippen molar-refractivity contribution < 1.29 is 9.59 Å². The largest absolute Gasteiger partial charge is 0.325 e. The van der Waals surface area contributed by atoms with E-state index in [2.05, 4.69) is 5.32 Å². The molecule has 0 spiro atoms. The molecule has 1 saturated heterocycles. The van der Waals surface area contributed by atoms with Crippen molar-refractivity contribution in [1.29, 1.82) is 0 Å². The number of nitrogens with zero attached hydrogens (tertiary/aromatic N) is 1. The second-order valence-corrected chi connectivity index (χ2v) is 6.89. The molecule has 0 unspecified atom stereocenters. The SMILES string of the molecule is Cc1ccc([C@]2(C)NC(=O)N(Cc3ccc(Cl)cc3Cl)C2=O)cc1. The predicted octanol–water partition coefficient (Wildman–Crippen LogP) is 4.27. The van der Waals surface area contributed by atoms with Gasteiger partial charge in [0.1, 0.15) is 5.54 Å². The van der Waals surface area contributed by atoms with Crippen molar-refractivity contribution in [2.75, 3.05) is 0 Å². The maximum absolute atomic E-state index is 12.9. The van der Waals surface area contributed by atoms with Gasteiger partial charge < -0.3 is 5.32 Å². The van der Waals surface area contributed by atoms with E-state index in [0.717, 1.165) is 11.1 Å². The van der Waals surface area contributed by atoms with Crippen molar-refractivity contribution >= 4 is 35.1 Å². The molecular formula is C18H16Cl2N2O2. The lowest BCUT2D eigenvalue weighted by atomic mass is 9.91. The lowest BCUT2D eigenvalue weighted by Crippen LogP contribution is -2.40. The van der Waals surface area contributed by atoms with E-state index in [4.69, 9.17) is 23.2 Å². The van der Waals surface area contributed by atoms with Crippen LogP contribution in [0.5, 0.6) is 0 Å². The fourth-order valence-corrected chi connectivity index (χ4v) is 3.21. The van der Waals surface area contributed by atoms with E-state index in [-0.39, 0.29) is 12.5 Å². The summed E-state index contributed by atoms with van der Waals surface area (Å²) in [7, 11) is 0. The first-order chi connectivity index (χ1) is 11.3. The van der Waals surface area contributed by atoms with Crippen LogP contribution in [-0.4, -0.2) is 16.8 Å². The Bertz CT molecular complexity index is 820. The van der Waals surface area contributed by atoms with Gasteiger partial charge in [-0.25, -0.2) is 4.79 Å². The Balaban J connectivity index is 1.90. The third-order valence-electron chi connectivity index (χ3n) is 4.25. The minimum Gasteiger partial charge on any atom is -0.319 e. The molecule has 4 nitrogen and oxygen atoms in total. The van der Waals surface area contributed by atoms with E-state index in [0.29, 0.717) is 15.6 Å². The Hall–Kier alpha value is -2.04. The smallest absolute Gasteiger partial charge is 0.319 e. The highest BCUT2D eigenvalue weighted by molar-refractivity contribution is 6.35. The molecule has 3 rings (SSSR count). The van der Waals surface area contributed by atoms with E-state index in [9.17, 15) is 9.59 Å². The number of carbonyl (C=O) groups excluding carboxylic acids is 2. The second-order valence-electron chi connectivity index (χ2n) is 6.05. The molecule has 2 aromatic carbocycles. The summed E-state index contributed by atoms with van der Waals surface area (Å²) in [6, 6.07) is 12.1. The zero-order valence-electron chi connectivity index (χ0n) is 13.3. The number of carbonyl (C=O) groups is 2. The van der Waals surface area contributed by atoms with Gasteiger partial charge in [-0.15, -0.1) is 0 Å². The van der Waals surface area contributed by atoms with Crippen LogP contribution in [0.15, 0.2) is 42.5 Å². The molecule has 1 aliphatic heterocycles. The van der Waals surface area contributed by atoms with E-state index >= 15 is 0 Å². The van der Waals surface area contributed by atoms with Crippen LogP contribution < -0.4 is 5.32 Å². The number of benzene rings is 2. The average molecular weight is 363 g/mol. The molecule has 0 aromatic heterocycles. The predicted molar refractivity (Wildman–Crippen MR) is 94.1 cm³/mol. The number of imide groups is 1. The summed E-state index contributed by atoms with van der Waals surface area (Å²) in [4.78, 5) is 26.4. The van der Waals surface area contributed by atoms with Gasteiger partial charge in [0.05, 0.1) is 6.54 Å². The first-order valence-electron chi connectivity index (χ1n) is 7.46. The first kappa shape index (κ1) is 16.8. The summed E-state index contributed by atoms with van der Waals surface area (Å²) in [6.07, 6.45) is 0. The number of nitrogens with one attached hydrogen (secondary N) is 1. The summed E-state index contributed by atoms with van der Waals surface area (Å²) < 4.78 is 0. The van der Waals surface area contributed by atoms with Crippen molar-refractivity contribution in [3.05, 3.63) is 69.2 Å². The lowest BCUT2D eigenvalue weighted by molar-refractivity contribution is -0.131. The summed E-state index contributed by atoms with van der Waals surface area (Å²) in [5.41, 5.74) is 1.42. The van der Waals surface area contributed by atoms with E-state index in [1.54, 1.807) is 25.1 Å². The number of hydrogen-bond acceptors (Lipinski definition) is 2. The fourth-order valence-electron chi connectivity index (χ4n) is 2.74. The van der Waals surface area contributed by atoms with Crippen LogP contribution in [-0.2, 0) is 16.9 Å². The second kappa shape index (κ2) is 6.11. The van der Waals surface area contributed by atoms with Crippen LogP contribution in [0.4, 0.5) is 4.79 Å². The van der Waals surface area contributed by atoms with Crippen LogP contribution in [0.1, 0.15) is 23.6 Å². The number of halogens is 2. The van der Waals surface area contributed by atoms with Crippen molar-refractivity contribution in [3.63, 3.8) is 0 Å². The molecule has 6 heteroatoms. The average Bonchev–Trinajstić information content (AvgIpc) is 2.74. The molecule has 1 fully saturated rings. The minimum absolute atomic E-state index is 0.0993. The Morgan fingerprint density at radius 2 is 1.75 bits per heavy atom. The molecule has 1 heterocycles. The summed E-state index contributed by atoms with van der Waals surface area (Å²) in [6.45, 7) is 3.78. The Morgan fingerprint density at radius 1 is 1.08 bits per heavy atom. The van der Waals surface area contributed by atoms with Gasteiger partial charge in [0.25, 0.3) is 5.91 Å². The van der Waals surface area contributed by atoms with Crippen LogP contribution in [0, 0.1) is 6.92 Å². The van der Waals surface area contributed by atoms with Crippen LogP contribution in [0.3, 0.4) is 0 Å². The first-order valence-corrected chi connectivity index (χ1v) is 8.22. The Morgan fingerprint density at radius 3 is 2.38 bits per heavy atom. The third-order valence-corrected chi connectivity index (χ3v) is 4.83. The highest BCUT2D eigenvalue weighted by Crippen LogP contribution is 2.31. The summed E-state index contributed by atoms with van der Waals surface area (Å²) in [5, 5.41) is 3.71. The van der Waals surface area contributed by atoms with Crippen molar-refractivity contribution in [3.8, 4) is 0 Å². The third kappa shape index (κ3) is 2.87. The number of rotatable bonds is 3. The van der Waals surface area contributed by atoms with Gasteiger partial charge in [-0.1, -0.05) is 59.1 Å². The highest BCUT2D eigenvalue weighted by Gasteiger charge is 2.48. The lowest BCUT2D eigenvalue weighted by Gasteiger charge is -2.22. The van der Waals surface area contributed by atoms with Crippen molar-refractivity contribution in [2.45, 2.75) is 25.9 Å². The van der Waals surface area contributed by atoms with E-state index < -0.39 is 11.6 Å². The van der Waals surface area contributed by atoms with Gasteiger partial charge in [0.2, 0.25) is 0 Å². The molecule has 3 amide bonds. The molecule has 0 saturated carbocycles. The van der Waals surface area contributed by atoms with Crippen LogP contribution in [0.25, 0.3) is 0 Å². The van der Waals surface area contributed by atoms with Crippen molar-refractivity contribution in [1.82, 2.24) is 10.2 Å². The quantitative estimate of drug-likeness (QED) is 0.828. The van der Waals surface area contributed by atoms with Gasteiger partial charge >= 0.3 is 6.03 Å². The van der Waals surface area contributed by atoms with Gasteiger partial charge in [0, 0.05) is 10.0 Å². The van der Waals surface area contributed by atoms with Gasteiger partial charge in [-0.2, -0.15) is 0 Å². The van der Waals surface area contributed by atoms with E-state index in [1.165, 1.54) is 4.90 Å². The fraction of sp³-hybridized carbons (Fsp3) is 0.222. The Kier molecular flexibility index (Phi) is 4.28. The standard InChI is InChI=1S/C18H16Cl2N2O2/c1-11-3-6-13(7-4-11)18(2)16(23)22(17(24)21-18)10-12-5-8-14(19)9-15(12)20/h3-9H,10H2,1-2H3,(H,21,24)/t18-/m0/s1. The number of urea groups is 1. The van der Waals surface area contributed by atoms with Crippen LogP contribution in [0.2, 0.25) is 10.0 Å². The summed E-state index contributed by atoms with van der Waals surface area (Å²) >= 11 is 12.0. The molecule has 124 valence electrons. The maximum atomic E-state index is 12.9. The minimum atomic E-state index is -1.08. The van der Waals surface area contributed by atoms with Gasteiger partial charge in [0.15, 0.2) is 0 Å². The number of amides is 3. The topological polar surface area (TPSA) is 49.4 Å². The normalized spacial score (nSPS) is 20.4. The molecule has 2 aromatic rings. The molecule has 1 aliphatic rings. The van der Waals surface area contributed by atoms with Crippen molar-refractivity contribution in [2.24, 2.45) is 0 Å². The number of aryl methyl sites for hydroxylation is 1.